The molecule has 1 fully saturated rings. The first kappa shape index (κ1) is 23.8. The molecule has 1 aliphatic heterocycles. The molecule has 8 heteroatoms. The van der Waals surface area contributed by atoms with Crippen LogP contribution in [0.3, 0.4) is 0 Å². The van der Waals surface area contributed by atoms with Gasteiger partial charge in [-0.3, -0.25) is 9.59 Å². The predicted octanol–water partition coefficient (Wildman–Crippen LogP) is 5.22. The quantitative estimate of drug-likeness (QED) is 0.399. The zero-order valence-corrected chi connectivity index (χ0v) is 20.0. The van der Waals surface area contributed by atoms with Gasteiger partial charge in [0.1, 0.15) is 0 Å². The lowest BCUT2D eigenvalue weighted by Gasteiger charge is -2.16. The number of nitrogens with zero attached hydrogens (tertiary/aromatic N) is 3. The van der Waals surface area contributed by atoms with Gasteiger partial charge in [0.2, 0.25) is 5.91 Å². The van der Waals surface area contributed by atoms with Crippen molar-refractivity contribution in [3.05, 3.63) is 94.8 Å². The van der Waals surface area contributed by atoms with Crippen LogP contribution in [0.4, 0.5) is 5.69 Å². The van der Waals surface area contributed by atoms with E-state index in [9.17, 15) is 9.59 Å². The van der Waals surface area contributed by atoms with Crippen LogP contribution in [0.1, 0.15) is 34.6 Å². The summed E-state index contributed by atoms with van der Waals surface area (Å²) in [7, 11) is 0. The van der Waals surface area contributed by atoms with Gasteiger partial charge in [0.15, 0.2) is 5.82 Å². The molecule has 6 nitrogen and oxygen atoms in total. The molecule has 1 N–H and O–H groups in total. The number of carbonyl (C=O) groups excluding carboxylic acids is 2. The highest BCUT2D eigenvalue weighted by molar-refractivity contribution is 6.31. The minimum atomic E-state index is -0.263. The minimum absolute atomic E-state index is 0. The molecule has 0 atom stereocenters. The molecule has 2 heterocycles. The van der Waals surface area contributed by atoms with Crippen molar-refractivity contribution >= 4 is 52.5 Å². The molecular weight excluding hydrogens is 471 g/mol. The summed E-state index contributed by atoms with van der Waals surface area (Å²) in [5, 5.41) is 3.58. The smallest absolute Gasteiger partial charge is 0.287 e. The molecule has 3 aromatic carbocycles. The molecule has 1 saturated heterocycles. The SMILES string of the molecule is Cl.O=C(NCc1cccc(N2CCCC2=O)c1)c1nc2ccc(Cl)cc2n1Cc1ccccc1. The fourth-order valence-corrected chi connectivity index (χ4v) is 4.38. The van der Waals surface area contributed by atoms with E-state index in [0.717, 1.165) is 40.8 Å². The van der Waals surface area contributed by atoms with Crippen molar-refractivity contribution < 1.29 is 9.59 Å². The number of rotatable bonds is 6. The number of nitrogens with one attached hydrogen (secondary N) is 1. The third-order valence-corrected chi connectivity index (χ3v) is 6.08. The van der Waals surface area contributed by atoms with Crippen LogP contribution >= 0.6 is 24.0 Å². The zero-order valence-electron chi connectivity index (χ0n) is 18.4. The Labute approximate surface area is 209 Å². The molecular formula is C26H24Cl2N4O2. The van der Waals surface area contributed by atoms with Crippen LogP contribution in [0, 0.1) is 0 Å². The third kappa shape index (κ3) is 4.93. The highest BCUT2D eigenvalue weighted by Gasteiger charge is 2.22. The van der Waals surface area contributed by atoms with Crippen molar-refractivity contribution in [2.24, 2.45) is 0 Å². The summed E-state index contributed by atoms with van der Waals surface area (Å²) in [6, 6.07) is 23.1. The molecule has 1 aromatic heterocycles. The summed E-state index contributed by atoms with van der Waals surface area (Å²) in [4.78, 5) is 31.6. The fraction of sp³-hybridized carbons (Fsp3) is 0.192. The van der Waals surface area contributed by atoms with Crippen LogP contribution in [0.2, 0.25) is 5.02 Å². The van der Waals surface area contributed by atoms with Crippen molar-refractivity contribution in [2.75, 3.05) is 11.4 Å². The molecule has 1 aliphatic rings. The first-order valence-corrected chi connectivity index (χ1v) is 11.3. The lowest BCUT2D eigenvalue weighted by Crippen LogP contribution is -2.27. The number of halogens is 2. The second-order valence-electron chi connectivity index (χ2n) is 8.14. The molecule has 0 spiro atoms. The Morgan fingerprint density at radius 1 is 1.00 bits per heavy atom. The Morgan fingerprint density at radius 2 is 1.79 bits per heavy atom. The lowest BCUT2D eigenvalue weighted by atomic mass is 10.2. The largest absolute Gasteiger partial charge is 0.345 e. The van der Waals surface area contributed by atoms with Crippen molar-refractivity contribution in [3.63, 3.8) is 0 Å². The van der Waals surface area contributed by atoms with E-state index in [0.29, 0.717) is 30.4 Å². The highest BCUT2D eigenvalue weighted by Crippen LogP contribution is 2.24. The van der Waals surface area contributed by atoms with E-state index >= 15 is 0 Å². The van der Waals surface area contributed by atoms with E-state index in [-0.39, 0.29) is 24.2 Å². The van der Waals surface area contributed by atoms with Gasteiger partial charge in [0.05, 0.1) is 11.0 Å². The van der Waals surface area contributed by atoms with Crippen LogP contribution in [-0.2, 0) is 17.9 Å². The standard InChI is InChI=1S/C26H23ClN4O2.ClH/c27-20-11-12-22-23(15-20)31(17-18-6-2-1-3-7-18)25(29-22)26(33)28-16-19-8-4-9-21(14-19)30-13-5-10-24(30)32;/h1-4,6-9,11-12,14-15H,5,10,13,16-17H2,(H,28,33);1H. The van der Waals surface area contributed by atoms with Crippen LogP contribution in [0.15, 0.2) is 72.8 Å². The number of hydrogen-bond acceptors (Lipinski definition) is 3. The first-order chi connectivity index (χ1) is 16.1. The molecule has 5 rings (SSSR count). The predicted molar refractivity (Wildman–Crippen MR) is 137 cm³/mol. The lowest BCUT2D eigenvalue weighted by molar-refractivity contribution is -0.117. The minimum Gasteiger partial charge on any atom is -0.345 e. The average Bonchev–Trinajstić information content (AvgIpc) is 3.42. The Hall–Kier alpha value is -3.35. The van der Waals surface area contributed by atoms with Crippen LogP contribution in [0.25, 0.3) is 11.0 Å². The summed E-state index contributed by atoms with van der Waals surface area (Å²) < 4.78 is 1.89. The van der Waals surface area contributed by atoms with Gasteiger partial charge in [-0.1, -0.05) is 54.1 Å². The van der Waals surface area contributed by atoms with Gasteiger partial charge in [0.25, 0.3) is 5.91 Å². The number of imidazole rings is 1. The number of aromatic nitrogens is 2. The topological polar surface area (TPSA) is 67.2 Å². The fourth-order valence-electron chi connectivity index (χ4n) is 4.21. The van der Waals surface area contributed by atoms with Gasteiger partial charge in [0, 0.05) is 36.8 Å². The Bertz CT molecular complexity index is 1340. The summed E-state index contributed by atoms with van der Waals surface area (Å²) in [6.07, 6.45) is 1.46. The second kappa shape index (κ2) is 10.3. The maximum Gasteiger partial charge on any atom is 0.287 e. The van der Waals surface area contributed by atoms with Gasteiger partial charge in [-0.2, -0.15) is 0 Å². The molecule has 0 saturated carbocycles. The zero-order chi connectivity index (χ0) is 22.8. The van der Waals surface area contributed by atoms with Crippen molar-refractivity contribution in [2.45, 2.75) is 25.9 Å². The summed E-state index contributed by atoms with van der Waals surface area (Å²) in [5.74, 6) is 0.215. The Morgan fingerprint density at radius 3 is 2.56 bits per heavy atom. The number of hydrogen-bond donors (Lipinski definition) is 1. The normalized spacial score (nSPS) is 13.2. The van der Waals surface area contributed by atoms with Gasteiger partial charge in [-0.25, -0.2) is 4.98 Å². The van der Waals surface area contributed by atoms with Crippen LogP contribution < -0.4 is 10.2 Å². The monoisotopic (exact) mass is 494 g/mol. The van der Waals surface area contributed by atoms with E-state index in [1.807, 2.05) is 71.3 Å². The van der Waals surface area contributed by atoms with Gasteiger partial charge in [-0.05, 0) is 47.9 Å². The second-order valence-corrected chi connectivity index (χ2v) is 8.58. The van der Waals surface area contributed by atoms with E-state index in [2.05, 4.69) is 10.3 Å². The molecule has 2 amide bonds. The molecule has 4 aromatic rings. The highest BCUT2D eigenvalue weighted by atomic mass is 35.5. The molecule has 0 radical (unpaired) electrons. The van der Waals surface area contributed by atoms with Gasteiger partial charge in [-0.15, -0.1) is 12.4 Å². The van der Waals surface area contributed by atoms with Gasteiger partial charge < -0.3 is 14.8 Å². The molecule has 0 unspecified atom stereocenters. The number of carbonyl (C=O) groups is 2. The third-order valence-electron chi connectivity index (χ3n) is 5.85. The van der Waals surface area contributed by atoms with E-state index in [1.165, 1.54) is 0 Å². The summed E-state index contributed by atoms with van der Waals surface area (Å²) in [6.45, 7) is 1.58. The Kier molecular flexibility index (Phi) is 7.20. The molecule has 0 aliphatic carbocycles. The summed E-state index contributed by atoms with van der Waals surface area (Å²) in [5.41, 5.74) is 4.39. The number of fused-ring (bicyclic) bond motifs is 1. The molecule has 174 valence electrons. The molecule has 34 heavy (non-hydrogen) atoms. The summed E-state index contributed by atoms with van der Waals surface area (Å²) >= 11 is 6.23. The maximum atomic E-state index is 13.2. The van der Waals surface area contributed by atoms with Gasteiger partial charge >= 0.3 is 0 Å². The average molecular weight is 495 g/mol. The molecule has 0 bridgehead atoms. The van der Waals surface area contributed by atoms with Crippen molar-refractivity contribution in [1.82, 2.24) is 14.9 Å². The number of benzene rings is 3. The van der Waals surface area contributed by atoms with Crippen LogP contribution in [0.5, 0.6) is 0 Å². The first-order valence-electron chi connectivity index (χ1n) is 11.0. The van der Waals surface area contributed by atoms with E-state index < -0.39 is 0 Å². The van der Waals surface area contributed by atoms with Crippen LogP contribution in [-0.4, -0.2) is 27.9 Å². The Balaban J connectivity index is 0.00000274. The van der Waals surface area contributed by atoms with E-state index in [4.69, 9.17) is 11.6 Å². The van der Waals surface area contributed by atoms with E-state index in [1.54, 1.807) is 11.0 Å². The number of anilines is 1. The maximum absolute atomic E-state index is 13.2. The van der Waals surface area contributed by atoms with Crippen molar-refractivity contribution in [3.8, 4) is 0 Å². The van der Waals surface area contributed by atoms with Crippen molar-refractivity contribution in [1.29, 1.82) is 0 Å². The number of amides is 2.